The number of sulfonamides is 1. The fourth-order valence-corrected chi connectivity index (χ4v) is 7.32. The summed E-state index contributed by atoms with van der Waals surface area (Å²) >= 11 is 3.51. The zero-order valence-corrected chi connectivity index (χ0v) is 32.0. The molecular formula is C38H44BrN3O8S. The van der Waals surface area contributed by atoms with Gasteiger partial charge in [0.15, 0.2) is 11.5 Å². The third-order valence-electron chi connectivity index (χ3n) is 8.39. The normalized spacial score (nSPS) is 12.3. The summed E-state index contributed by atoms with van der Waals surface area (Å²) in [6.45, 7) is 3.18. The second-order valence-corrected chi connectivity index (χ2v) is 14.5. The summed E-state index contributed by atoms with van der Waals surface area (Å²) in [5.74, 6) is 0.0554. The van der Waals surface area contributed by atoms with Crippen molar-refractivity contribution in [3.63, 3.8) is 0 Å². The van der Waals surface area contributed by atoms with Gasteiger partial charge in [-0.3, -0.25) is 13.9 Å². The van der Waals surface area contributed by atoms with Crippen molar-refractivity contribution >= 4 is 43.5 Å². The highest BCUT2D eigenvalue weighted by atomic mass is 79.9. The average Bonchev–Trinajstić information content (AvgIpc) is 3.14. The lowest BCUT2D eigenvalue weighted by Gasteiger charge is -2.34. The van der Waals surface area contributed by atoms with Gasteiger partial charge in [0.05, 0.1) is 39.0 Å². The molecule has 0 saturated heterocycles. The number of benzene rings is 4. The molecule has 11 nitrogen and oxygen atoms in total. The number of hydrogen-bond donors (Lipinski definition) is 1. The molecule has 2 atom stereocenters. The monoisotopic (exact) mass is 781 g/mol. The van der Waals surface area contributed by atoms with E-state index in [-0.39, 0.29) is 47.0 Å². The molecule has 0 spiro atoms. The van der Waals surface area contributed by atoms with Crippen molar-refractivity contribution in [2.75, 3.05) is 39.3 Å². The van der Waals surface area contributed by atoms with Crippen LogP contribution in [-0.2, 0) is 32.6 Å². The number of carbonyl (C=O) groups excluding carboxylic acids is 2. The molecule has 2 amide bonds. The molecule has 0 aliphatic rings. The molecule has 0 aliphatic carbocycles. The Hall–Kier alpha value is -4.75. The molecule has 4 rings (SSSR count). The Balaban J connectivity index is 1.90. The number of nitrogens with zero attached hydrogens (tertiary/aromatic N) is 2. The number of ether oxygens (including phenoxy) is 4. The minimum atomic E-state index is -4.50. The summed E-state index contributed by atoms with van der Waals surface area (Å²) in [6.07, 6.45) is 0.865. The quantitative estimate of drug-likeness (QED) is 0.134. The maximum Gasteiger partial charge on any atom is 0.265 e. The van der Waals surface area contributed by atoms with Gasteiger partial charge in [-0.25, -0.2) is 8.42 Å². The van der Waals surface area contributed by atoms with Crippen LogP contribution >= 0.6 is 15.9 Å². The minimum Gasteiger partial charge on any atom is -0.497 e. The molecule has 0 bridgehead atoms. The smallest absolute Gasteiger partial charge is 0.265 e. The lowest BCUT2D eigenvalue weighted by molar-refractivity contribution is -0.140. The number of halogens is 1. The van der Waals surface area contributed by atoms with Gasteiger partial charge in [-0.05, 0) is 60.9 Å². The summed E-state index contributed by atoms with van der Waals surface area (Å²) in [6, 6.07) is 24.5. The summed E-state index contributed by atoms with van der Waals surface area (Å²) in [5, 5.41) is 3.04. The third-order valence-corrected chi connectivity index (χ3v) is 10.6. The molecule has 0 unspecified atom stereocenters. The highest BCUT2D eigenvalue weighted by molar-refractivity contribution is 9.10. The van der Waals surface area contributed by atoms with Crippen LogP contribution < -0.4 is 28.6 Å². The molecule has 13 heteroatoms. The number of carbonyl (C=O) groups is 2. The van der Waals surface area contributed by atoms with E-state index in [1.807, 2.05) is 68.4 Å². The van der Waals surface area contributed by atoms with Crippen molar-refractivity contribution in [2.45, 2.75) is 50.2 Å². The van der Waals surface area contributed by atoms with E-state index in [1.165, 1.54) is 57.6 Å². The van der Waals surface area contributed by atoms with Gasteiger partial charge >= 0.3 is 0 Å². The first-order valence-corrected chi connectivity index (χ1v) is 18.5. The Morgan fingerprint density at radius 1 is 0.784 bits per heavy atom. The lowest BCUT2D eigenvalue weighted by atomic mass is 10.0. The zero-order chi connectivity index (χ0) is 37.1. The van der Waals surface area contributed by atoms with Gasteiger partial charge in [-0.1, -0.05) is 65.3 Å². The second kappa shape index (κ2) is 18.0. The summed E-state index contributed by atoms with van der Waals surface area (Å²) in [7, 11) is 1.21. The first kappa shape index (κ1) is 39.0. The van der Waals surface area contributed by atoms with Gasteiger partial charge in [0, 0.05) is 35.6 Å². The van der Waals surface area contributed by atoms with E-state index in [9.17, 15) is 18.0 Å². The molecule has 51 heavy (non-hydrogen) atoms. The van der Waals surface area contributed by atoms with Crippen LogP contribution in [0.15, 0.2) is 100 Å². The Bertz CT molecular complexity index is 1910. The van der Waals surface area contributed by atoms with Crippen molar-refractivity contribution in [3.8, 4) is 23.0 Å². The molecule has 0 heterocycles. The Labute approximate surface area is 308 Å². The predicted molar refractivity (Wildman–Crippen MR) is 200 cm³/mol. The van der Waals surface area contributed by atoms with E-state index < -0.39 is 28.5 Å². The van der Waals surface area contributed by atoms with Gasteiger partial charge in [0.25, 0.3) is 10.0 Å². The molecule has 1 N–H and O–H groups in total. The van der Waals surface area contributed by atoms with Crippen molar-refractivity contribution in [1.82, 2.24) is 10.2 Å². The highest BCUT2D eigenvalue weighted by Gasteiger charge is 2.36. The Morgan fingerprint density at radius 2 is 1.45 bits per heavy atom. The zero-order valence-electron chi connectivity index (χ0n) is 29.6. The second-order valence-electron chi connectivity index (χ2n) is 11.7. The van der Waals surface area contributed by atoms with Crippen molar-refractivity contribution in [3.05, 3.63) is 107 Å². The maximum absolute atomic E-state index is 14.9. The average molecular weight is 783 g/mol. The summed E-state index contributed by atoms with van der Waals surface area (Å²) in [5.41, 5.74) is 1.63. The van der Waals surface area contributed by atoms with Crippen molar-refractivity contribution in [2.24, 2.45) is 0 Å². The van der Waals surface area contributed by atoms with Crippen molar-refractivity contribution in [1.29, 1.82) is 0 Å². The first-order chi connectivity index (χ1) is 24.4. The van der Waals surface area contributed by atoms with Gasteiger partial charge in [-0.2, -0.15) is 0 Å². The van der Waals surface area contributed by atoms with Gasteiger partial charge in [-0.15, -0.1) is 0 Å². The van der Waals surface area contributed by atoms with E-state index in [1.54, 1.807) is 12.1 Å². The van der Waals surface area contributed by atoms with E-state index >= 15 is 0 Å². The molecule has 4 aromatic carbocycles. The first-order valence-electron chi connectivity index (χ1n) is 16.3. The van der Waals surface area contributed by atoms with E-state index in [0.29, 0.717) is 17.9 Å². The fraction of sp³-hybridized carbons (Fsp3) is 0.316. The predicted octanol–water partition coefficient (Wildman–Crippen LogP) is 6.23. The van der Waals surface area contributed by atoms with E-state index in [2.05, 4.69) is 21.2 Å². The number of amides is 2. The van der Waals surface area contributed by atoms with Crippen molar-refractivity contribution < 1.29 is 37.0 Å². The van der Waals surface area contributed by atoms with Gasteiger partial charge in [0.1, 0.15) is 24.1 Å². The van der Waals surface area contributed by atoms with Gasteiger partial charge in [0.2, 0.25) is 11.8 Å². The van der Waals surface area contributed by atoms with E-state index in [0.717, 1.165) is 19.9 Å². The minimum absolute atomic E-state index is 0.0171. The van der Waals surface area contributed by atoms with Crippen LogP contribution in [0.2, 0.25) is 0 Å². The van der Waals surface area contributed by atoms with Crippen LogP contribution in [0.3, 0.4) is 0 Å². The van der Waals surface area contributed by atoms with Crippen LogP contribution in [0, 0.1) is 0 Å². The molecule has 272 valence electrons. The molecule has 0 aliphatic heterocycles. The van der Waals surface area contributed by atoms with Crippen LogP contribution in [0.4, 0.5) is 5.69 Å². The molecule has 0 radical (unpaired) electrons. The topological polar surface area (TPSA) is 124 Å². The van der Waals surface area contributed by atoms with Crippen LogP contribution in [0.1, 0.15) is 31.4 Å². The summed E-state index contributed by atoms with van der Waals surface area (Å²) < 4.78 is 52.9. The number of anilines is 1. The van der Waals surface area contributed by atoms with Gasteiger partial charge < -0.3 is 29.2 Å². The van der Waals surface area contributed by atoms with Crippen LogP contribution in [-0.4, -0.2) is 72.2 Å². The standard InChI is InChI=1S/C38H44BrN3O8S/c1-7-26(2)40-38(44)33(21-27-12-9-8-10-13-27)41(24-28-14-11-15-29(39)20-28)37(43)25-42(32-22-30(47-3)16-18-34(32)48-4)51(45,46)31-17-19-35(49-5)36(23-31)50-6/h8-20,22-23,26,33H,7,21,24-25H2,1-6H3,(H,40,44)/t26-,33-/m1/s1. The SMILES string of the molecule is CC[C@@H](C)NC(=O)[C@@H](Cc1ccccc1)N(Cc1cccc(Br)c1)C(=O)CN(c1cc(OC)ccc1OC)S(=O)(=O)c1ccc(OC)c(OC)c1. The fourth-order valence-electron chi connectivity index (χ4n) is 5.44. The number of methoxy groups -OCH3 is 4. The van der Waals surface area contributed by atoms with Crippen LogP contribution in [0.25, 0.3) is 0 Å². The Kier molecular flexibility index (Phi) is 13.7. The molecule has 0 fully saturated rings. The van der Waals surface area contributed by atoms with Crippen LogP contribution in [0.5, 0.6) is 23.0 Å². The highest BCUT2D eigenvalue weighted by Crippen LogP contribution is 2.38. The number of nitrogens with one attached hydrogen (secondary N) is 1. The molecule has 0 saturated carbocycles. The number of rotatable bonds is 17. The molecule has 4 aromatic rings. The lowest BCUT2D eigenvalue weighted by Crippen LogP contribution is -2.54. The molecular weight excluding hydrogens is 738 g/mol. The number of hydrogen-bond acceptors (Lipinski definition) is 8. The molecule has 0 aromatic heterocycles. The maximum atomic E-state index is 14.9. The van der Waals surface area contributed by atoms with E-state index in [4.69, 9.17) is 18.9 Å². The third kappa shape index (κ3) is 9.73. The Morgan fingerprint density at radius 3 is 2.08 bits per heavy atom. The largest absolute Gasteiger partial charge is 0.497 e. The summed E-state index contributed by atoms with van der Waals surface area (Å²) in [4.78, 5) is 30.3.